The van der Waals surface area contributed by atoms with Crippen LogP contribution in [-0.4, -0.2) is 55.2 Å². The number of aryl methyl sites for hydroxylation is 2. The summed E-state index contributed by atoms with van der Waals surface area (Å²) in [5.41, 5.74) is 4.80. The third-order valence-electron chi connectivity index (χ3n) is 4.61. The molecule has 0 bridgehead atoms. The predicted octanol–water partition coefficient (Wildman–Crippen LogP) is 2.50. The van der Waals surface area contributed by atoms with Crippen LogP contribution in [0.5, 0.6) is 0 Å². The summed E-state index contributed by atoms with van der Waals surface area (Å²) in [6.07, 6.45) is 1.69. The summed E-state index contributed by atoms with van der Waals surface area (Å²) in [6.45, 7) is 9.01. The van der Waals surface area contributed by atoms with Gasteiger partial charge in [-0.3, -0.25) is 9.69 Å². The first-order valence-corrected chi connectivity index (χ1v) is 9.00. The Morgan fingerprint density at radius 2 is 1.88 bits per heavy atom. The van der Waals surface area contributed by atoms with Crippen molar-refractivity contribution in [2.45, 2.75) is 13.8 Å². The molecule has 2 heterocycles. The van der Waals surface area contributed by atoms with Crippen molar-refractivity contribution < 1.29 is 9.53 Å². The third kappa shape index (κ3) is 5.03. The highest BCUT2D eigenvalue weighted by atomic mass is 16.5. The van der Waals surface area contributed by atoms with E-state index >= 15 is 0 Å². The lowest BCUT2D eigenvalue weighted by Gasteiger charge is -2.26. The number of rotatable bonds is 6. The number of ether oxygens (including phenoxy) is 1. The lowest BCUT2D eigenvalue weighted by molar-refractivity contribution is 0.0383. The number of carbonyl (C=O) groups is 1. The first kappa shape index (κ1) is 18.4. The van der Waals surface area contributed by atoms with Gasteiger partial charge in [0.05, 0.1) is 25.1 Å². The molecule has 0 unspecified atom stereocenters. The molecule has 3 rings (SSSR count). The van der Waals surface area contributed by atoms with Gasteiger partial charge in [0.15, 0.2) is 0 Å². The summed E-state index contributed by atoms with van der Waals surface area (Å²) in [6, 6.07) is 9.84. The standard InChI is InChI=1S/C20H26N4O2/c1-15-3-4-17(13-16(15)2)23-18-5-6-19(22-14-18)20(25)21-7-8-24-9-11-26-12-10-24/h3-6,13-14,23H,7-12H2,1-2H3,(H,21,25). The second-order valence-electron chi connectivity index (χ2n) is 6.57. The summed E-state index contributed by atoms with van der Waals surface area (Å²) >= 11 is 0. The van der Waals surface area contributed by atoms with Crippen molar-refractivity contribution in [1.29, 1.82) is 0 Å². The van der Waals surface area contributed by atoms with Crippen molar-refractivity contribution in [3.8, 4) is 0 Å². The number of carbonyl (C=O) groups excluding carboxylic acids is 1. The fraction of sp³-hybridized carbons (Fsp3) is 0.400. The van der Waals surface area contributed by atoms with Crippen molar-refractivity contribution in [2.24, 2.45) is 0 Å². The molecular weight excluding hydrogens is 328 g/mol. The molecular formula is C20H26N4O2. The molecule has 0 saturated carbocycles. The second kappa shape index (κ2) is 8.78. The van der Waals surface area contributed by atoms with E-state index in [4.69, 9.17) is 4.74 Å². The molecule has 0 atom stereocenters. The lowest BCUT2D eigenvalue weighted by Crippen LogP contribution is -2.41. The lowest BCUT2D eigenvalue weighted by atomic mass is 10.1. The van der Waals surface area contributed by atoms with Gasteiger partial charge < -0.3 is 15.4 Å². The number of benzene rings is 1. The Bertz CT molecular complexity index is 740. The molecule has 2 N–H and O–H groups in total. The van der Waals surface area contributed by atoms with Crippen LogP contribution in [0.25, 0.3) is 0 Å². The van der Waals surface area contributed by atoms with E-state index < -0.39 is 0 Å². The maximum Gasteiger partial charge on any atom is 0.269 e. The number of nitrogens with zero attached hydrogens (tertiary/aromatic N) is 2. The van der Waals surface area contributed by atoms with Gasteiger partial charge in [-0.2, -0.15) is 0 Å². The van der Waals surface area contributed by atoms with E-state index in [-0.39, 0.29) is 5.91 Å². The van der Waals surface area contributed by atoms with Crippen LogP contribution in [0.1, 0.15) is 21.6 Å². The number of anilines is 2. The molecule has 1 aliphatic rings. The first-order valence-electron chi connectivity index (χ1n) is 9.00. The highest BCUT2D eigenvalue weighted by Gasteiger charge is 2.11. The fourth-order valence-electron chi connectivity index (χ4n) is 2.83. The molecule has 1 fully saturated rings. The van der Waals surface area contributed by atoms with Crippen LogP contribution in [0.4, 0.5) is 11.4 Å². The van der Waals surface area contributed by atoms with Crippen LogP contribution >= 0.6 is 0 Å². The first-order chi connectivity index (χ1) is 12.6. The molecule has 0 spiro atoms. The topological polar surface area (TPSA) is 66.5 Å². The monoisotopic (exact) mass is 354 g/mol. The number of morpholine rings is 1. The summed E-state index contributed by atoms with van der Waals surface area (Å²) in [4.78, 5) is 18.8. The Morgan fingerprint density at radius 1 is 1.12 bits per heavy atom. The van der Waals surface area contributed by atoms with E-state index in [0.717, 1.165) is 44.2 Å². The van der Waals surface area contributed by atoms with Gasteiger partial charge in [-0.05, 0) is 49.2 Å². The molecule has 26 heavy (non-hydrogen) atoms. The maximum absolute atomic E-state index is 12.2. The predicted molar refractivity (Wildman–Crippen MR) is 103 cm³/mol. The molecule has 6 nitrogen and oxygen atoms in total. The van der Waals surface area contributed by atoms with Crippen LogP contribution in [-0.2, 0) is 4.74 Å². The Morgan fingerprint density at radius 3 is 2.58 bits per heavy atom. The van der Waals surface area contributed by atoms with E-state index in [2.05, 4.69) is 46.5 Å². The van der Waals surface area contributed by atoms with E-state index in [1.807, 2.05) is 12.1 Å². The van der Waals surface area contributed by atoms with Crippen molar-refractivity contribution in [2.75, 3.05) is 44.7 Å². The minimum absolute atomic E-state index is 0.143. The van der Waals surface area contributed by atoms with Gasteiger partial charge in [-0.25, -0.2) is 4.98 Å². The van der Waals surface area contributed by atoms with Crippen LogP contribution in [0.15, 0.2) is 36.5 Å². The second-order valence-corrected chi connectivity index (χ2v) is 6.57. The minimum Gasteiger partial charge on any atom is -0.379 e. The summed E-state index contributed by atoms with van der Waals surface area (Å²) in [7, 11) is 0. The van der Waals surface area contributed by atoms with Gasteiger partial charge in [-0.1, -0.05) is 6.07 Å². The van der Waals surface area contributed by atoms with Crippen LogP contribution < -0.4 is 10.6 Å². The maximum atomic E-state index is 12.2. The molecule has 0 aliphatic carbocycles. The number of amides is 1. The van der Waals surface area contributed by atoms with Crippen molar-refractivity contribution >= 4 is 17.3 Å². The molecule has 1 aromatic heterocycles. The number of nitrogens with one attached hydrogen (secondary N) is 2. The Kier molecular flexibility index (Phi) is 6.20. The summed E-state index contributed by atoms with van der Waals surface area (Å²) in [5, 5.41) is 6.24. The Hall–Kier alpha value is -2.44. The van der Waals surface area contributed by atoms with E-state index in [1.165, 1.54) is 11.1 Å². The zero-order valence-corrected chi connectivity index (χ0v) is 15.4. The molecule has 1 saturated heterocycles. The number of hydrogen-bond acceptors (Lipinski definition) is 5. The zero-order valence-electron chi connectivity index (χ0n) is 15.4. The third-order valence-corrected chi connectivity index (χ3v) is 4.61. The summed E-state index contributed by atoms with van der Waals surface area (Å²) in [5.74, 6) is -0.143. The van der Waals surface area contributed by atoms with Crippen molar-refractivity contribution in [1.82, 2.24) is 15.2 Å². The Balaban J connectivity index is 1.49. The van der Waals surface area contributed by atoms with Gasteiger partial charge in [0.2, 0.25) is 0 Å². The van der Waals surface area contributed by atoms with Crippen molar-refractivity contribution in [3.05, 3.63) is 53.3 Å². The molecule has 2 aromatic rings. The van der Waals surface area contributed by atoms with Crippen molar-refractivity contribution in [3.63, 3.8) is 0 Å². The van der Waals surface area contributed by atoms with Gasteiger partial charge in [-0.15, -0.1) is 0 Å². The van der Waals surface area contributed by atoms with Gasteiger partial charge >= 0.3 is 0 Å². The molecule has 1 aromatic carbocycles. The highest BCUT2D eigenvalue weighted by molar-refractivity contribution is 5.92. The molecule has 6 heteroatoms. The number of aromatic nitrogens is 1. The van der Waals surface area contributed by atoms with E-state index in [9.17, 15) is 4.79 Å². The molecule has 1 aliphatic heterocycles. The van der Waals surface area contributed by atoms with Gasteiger partial charge in [0.25, 0.3) is 5.91 Å². The van der Waals surface area contributed by atoms with Gasteiger partial charge in [0.1, 0.15) is 5.69 Å². The zero-order chi connectivity index (χ0) is 18.4. The number of hydrogen-bond donors (Lipinski definition) is 2. The van der Waals surface area contributed by atoms with Crippen LogP contribution in [0.3, 0.4) is 0 Å². The Labute approximate surface area is 154 Å². The summed E-state index contributed by atoms with van der Waals surface area (Å²) < 4.78 is 5.32. The fourth-order valence-corrected chi connectivity index (χ4v) is 2.83. The number of pyridine rings is 1. The molecule has 1 amide bonds. The minimum atomic E-state index is -0.143. The normalized spacial score (nSPS) is 14.8. The van der Waals surface area contributed by atoms with Crippen LogP contribution in [0, 0.1) is 13.8 Å². The van der Waals surface area contributed by atoms with E-state index in [0.29, 0.717) is 12.2 Å². The van der Waals surface area contributed by atoms with Gasteiger partial charge in [0, 0.05) is 31.9 Å². The quantitative estimate of drug-likeness (QED) is 0.834. The average molecular weight is 354 g/mol. The largest absolute Gasteiger partial charge is 0.379 e. The van der Waals surface area contributed by atoms with E-state index in [1.54, 1.807) is 12.3 Å². The van der Waals surface area contributed by atoms with Crippen LogP contribution in [0.2, 0.25) is 0 Å². The highest BCUT2D eigenvalue weighted by Crippen LogP contribution is 2.19. The molecule has 0 radical (unpaired) electrons. The smallest absolute Gasteiger partial charge is 0.269 e. The average Bonchev–Trinajstić information content (AvgIpc) is 2.66. The molecule has 138 valence electrons. The SMILES string of the molecule is Cc1ccc(Nc2ccc(C(=O)NCCN3CCOCC3)nc2)cc1C.